The van der Waals surface area contributed by atoms with Crippen molar-refractivity contribution in [2.24, 2.45) is 0 Å². The van der Waals surface area contributed by atoms with Crippen molar-refractivity contribution in [1.82, 2.24) is 5.32 Å². The molecule has 0 saturated heterocycles. The van der Waals surface area contributed by atoms with Crippen LogP contribution in [0.5, 0.6) is 0 Å². The summed E-state index contributed by atoms with van der Waals surface area (Å²) in [5, 5.41) is 2.53. The van der Waals surface area contributed by atoms with Crippen LogP contribution in [0.1, 0.15) is 33.1 Å². The molecule has 0 aliphatic heterocycles. The minimum Gasteiger partial charge on any atom is -0.307 e. The molecule has 0 aromatic rings. The van der Waals surface area contributed by atoms with E-state index >= 15 is 0 Å². The average Bonchev–Trinajstić information content (AvgIpc) is 2.01. The van der Waals surface area contributed by atoms with Crippen LogP contribution in [0.4, 0.5) is 22.0 Å². The maximum atomic E-state index is 12.5. The lowest BCUT2D eigenvalue weighted by atomic mass is 9.95. The molecule has 15 heavy (non-hydrogen) atoms. The highest BCUT2D eigenvalue weighted by Crippen LogP contribution is 2.27. The highest BCUT2D eigenvalue weighted by molar-refractivity contribution is 4.85. The number of hydrogen-bond donors (Lipinski definition) is 1. The van der Waals surface area contributed by atoms with Crippen molar-refractivity contribution in [3.05, 3.63) is 0 Å². The highest BCUT2D eigenvalue weighted by Gasteiger charge is 2.35. The van der Waals surface area contributed by atoms with Crippen molar-refractivity contribution < 1.29 is 22.0 Å². The predicted molar refractivity (Wildman–Crippen MR) is 48.0 cm³/mol. The molecule has 0 aromatic carbocycles. The lowest BCUT2D eigenvalue weighted by molar-refractivity contribution is -0.137. The number of alkyl halides is 5. The van der Waals surface area contributed by atoms with E-state index in [9.17, 15) is 22.0 Å². The molecular formula is C9H16F5N. The van der Waals surface area contributed by atoms with Gasteiger partial charge in [0.25, 0.3) is 6.43 Å². The molecule has 0 aliphatic carbocycles. The summed E-state index contributed by atoms with van der Waals surface area (Å²) in [5.74, 6) is 0. The first-order valence-electron chi connectivity index (χ1n) is 4.81. The first-order chi connectivity index (χ1) is 6.71. The zero-order valence-corrected chi connectivity index (χ0v) is 8.80. The van der Waals surface area contributed by atoms with E-state index in [1.165, 1.54) is 6.92 Å². The van der Waals surface area contributed by atoms with Crippen molar-refractivity contribution >= 4 is 0 Å². The second kappa shape index (κ2) is 5.63. The van der Waals surface area contributed by atoms with E-state index in [0.29, 0.717) is 6.54 Å². The lowest BCUT2D eigenvalue weighted by Crippen LogP contribution is -2.48. The van der Waals surface area contributed by atoms with Crippen LogP contribution in [0.2, 0.25) is 0 Å². The minimum atomic E-state index is -4.27. The zero-order valence-electron chi connectivity index (χ0n) is 8.80. The van der Waals surface area contributed by atoms with Crippen LogP contribution in [0, 0.1) is 0 Å². The van der Waals surface area contributed by atoms with Crippen LogP contribution < -0.4 is 5.32 Å². The van der Waals surface area contributed by atoms with Gasteiger partial charge in [0.05, 0.1) is 5.54 Å². The summed E-state index contributed by atoms with van der Waals surface area (Å²) >= 11 is 0. The van der Waals surface area contributed by atoms with Gasteiger partial charge in [-0.1, -0.05) is 6.92 Å². The Balaban J connectivity index is 4.08. The maximum absolute atomic E-state index is 12.5. The summed E-state index contributed by atoms with van der Waals surface area (Å²) < 4.78 is 60.5. The number of nitrogens with one attached hydrogen (secondary N) is 1. The van der Waals surface area contributed by atoms with E-state index in [1.807, 2.05) is 0 Å². The smallest absolute Gasteiger partial charge is 0.307 e. The van der Waals surface area contributed by atoms with Gasteiger partial charge in [0.15, 0.2) is 0 Å². The van der Waals surface area contributed by atoms with Crippen molar-refractivity contribution in [2.75, 3.05) is 6.54 Å². The topological polar surface area (TPSA) is 12.0 Å². The van der Waals surface area contributed by atoms with Gasteiger partial charge >= 0.3 is 6.18 Å². The standard InChI is InChI=1S/C9H16F5N/c1-3-15-8(2,7(10)11)5-4-6-9(12,13)14/h7,15H,3-6H2,1-2H3. The van der Waals surface area contributed by atoms with Gasteiger partial charge in [0, 0.05) is 6.42 Å². The van der Waals surface area contributed by atoms with Crippen molar-refractivity contribution in [1.29, 1.82) is 0 Å². The van der Waals surface area contributed by atoms with Crippen LogP contribution in [-0.2, 0) is 0 Å². The Hall–Kier alpha value is -0.390. The monoisotopic (exact) mass is 233 g/mol. The van der Waals surface area contributed by atoms with Crippen molar-refractivity contribution in [2.45, 2.75) is 51.3 Å². The molecule has 0 radical (unpaired) electrons. The van der Waals surface area contributed by atoms with Gasteiger partial charge in [-0.15, -0.1) is 0 Å². The number of halogens is 5. The number of rotatable bonds is 6. The molecule has 6 heteroatoms. The third kappa shape index (κ3) is 5.92. The van der Waals surface area contributed by atoms with Gasteiger partial charge in [-0.05, 0) is 26.3 Å². The first kappa shape index (κ1) is 14.6. The molecular weight excluding hydrogens is 217 g/mol. The zero-order chi connectivity index (χ0) is 12.1. The molecule has 0 aliphatic rings. The van der Waals surface area contributed by atoms with E-state index in [-0.39, 0.29) is 12.8 Å². The molecule has 1 nitrogen and oxygen atoms in total. The summed E-state index contributed by atoms with van der Waals surface area (Å²) in [5.41, 5.74) is -1.51. The van der Waals surface area contributed by atoms with Gasteiger partial charge in [-0.25, -0.2) is 8.78 Å². The van der Waals surface area contributed by atoms with Crippen LogP contribution in [0.15, 0.2) is 0 Å². The van der Waals surface area contributed by atoms with Crippen molar-refractivity contribution in [3.63, 3.8) is 0 Å². The molecule has 0 heterocycles. The number of hydrogen-bond acceptors (Lipinski definition) is 1. The third-order valence-corrected chi connectivity index (χ3v) is 2.22. The van der Waals surface area contributed by atoms with Crippen LogP contribution in [-0.4, -0.2) is 24.7 Å². The van der Waals surface area contributed by atoms with Crippen LogP contribution in [0.3, 0.4) is 0 Å². The molecule has 0 aromatic heterocycles. The lowest BCUT2D eigenvalue weighted by Gasteiger charge is -2.29. The Kier molecular flexibility index (Phi) is 5.48. The molecule has 0 bridgehead atoms. The fourth-order valence-electron chi connectivity index (χ4n) is 1.33. The van der Waals surface area contributed by atoms with E-state index in [4.69, 9.17) is 0 Å². The maximum Gasteiger partial charge on any atom is 0.389 e. The van der Waals surface area contributed by atoms with Gasteiger partial charge in [0.1, 0.15) is 0 Å². The predicted octanol–water partition coefficient (Wildman–Crippen LogP) is 3.35. The second-order valence-electron chi connectivity index (χ2n) is 3.72. The SMILES string of the molecule is CCNC(C)(CCCC(F)(F)F)C(F)F. The quantitative estimate of drug-likeness (QED) is 0.694. The summed E-state index contributed by atoms with van der Waals surface area (Å²) in [7, 11) is 0. The Bertz CT molecular complexity index is 180. The molecule has 0 fully saturated rings. The van der Waals surface area contributed by atoms with Gasteiger partial charge in [-0.3, -0.25) is 0 Å². The Morgan fingerprint density at radius 1 is 1.13 bits per heavy atom. The molecule has 92 valence electrons. The fraction of sp³-hybridized carbons (Fsp3) is 1.00. The summed E-state index contributed by atoms with van der Waals surface area (Å²) in [6, 6.07) is 0. The van der Waals surface area contributed by atoms with Gasteiger partial charge in [0.2, 0.25) is 0 Å². The van der Waals surface area contributed by atoms with E-state index in [1.54, 1.807) is 6.92 Å². The van der Waals surface area contributed by atoms with Gasteiger partial charge < -0.3 is 5.32 Å². The summed E-state index contributed by atoms with van der Waals surface area (Å²) in [6.07, 6.45) is -8.41. The highest BCUT2D eigenvalue weighted by atomic mass is 19.4. The second-order valence-corrected chi connectivity index (χ2v) is 3.72. The molecule has 1 unspecified atom stereocenters. The molecule has 1 N–H and O–H groups in total. The third-order valence-electron chi connectivity index (χ3n) is 2.22. The van der Waals surface area contributed by atoms with Crippen LogP contribution >= 0.6 is 0 Å². The normalized spacial score (nSPS) is 16.8. The largest absolute Gasteiger partial charge is 0.389 e. The molecule has 0 amide bonds. The summed E-state index contributed by atoms with van der Waals surface area (Å²) in [4.78, 5) is 0. The van der Waals surface area contributed by atoms with Crippen LogP contribution in [0.25, 0.3) is 0 Å². The van der Waals surface area contributed by atoms with E-state index in [2.05, 4.69) is 5.32 Å². The average molecular weight is 233 g/mol. The molecule has 1 atom stereocenters. The molecule has 0 spiro atoms. The summed E-state index contributed by atoms with van der Waals surface area (Å²) in [6.45, 7) is 3.20. The first-order valence-corrected chi connectivity index (χ1v) is 4.81. The Morgan fingerprint density at radius 2 is 1.67 bits per heavy atom. The Morgan fingerprint density at radius 3 is 2.00 bits per heavy atom. The minimum absolute atomic E-state index is 0.183. The Labute approximate surface area is 86.0 Å². The molecule has 0 rings (SSSR count). The van der Waals surface area contributed by atoms with E-state index < -0.39 is 24.6 Å². The van der Waals surface area contributed by atoms with Crippen molar-refractivity contribution in [3.8, 4) is 0 Å². The molecule has 0 saturated carbocycles. The fourth-order valence-corrected chi connectivity index (χ4v) is 1.33. The van der Waals surface area contributed by atoms with Gasteiger partial charge in [-0.2, -0.15) is 13.2 Å². The van der Waals surface area contributed by atoms with E-state index in [0.717, 1.165) is 0 Å².